The Labute approximate surface area is 128 Å². The minimum atomic E-state index is -0.956. The van der Waals surface area contributed by atoms with Crippen LogP contribution >= 0.6 is 0 Å². The molecule has 3 rings (SSSR count). The summed E-state index contributed by atoms with van der Waals surface area (Å²) in [4.78, 5) is 24.8. The molecule has 0 radical (unpaired) electrons. The van der Waals surface area contributed by atoms with Gasteiger partial charge in [-0.3, -0.25) is 4.79 Å². The second-order valence-corrected chi connectivity index (χ2v) is 5.22. The van der Waals surface area contributed by atoms with Crippen molar-refractivity contribution in [3.63, 3.8) is 0 Å². The van der Waals surface area contributed by atoms with E-state index in [0.29, 0.717) is 6.54 Å². The average molecular weight is 293 g/mol. The van der Waals surface area contributed by atoms with Crippen molar-refractivity contribution >= 4 is 29.7 Å². The Morgan fingerprint density at radius 3 is 2.50 bits per heavy atom. The molecular formula is C18H15NO3. The van der Waals surface area contributed by atoms with Crippen LogP contribution in [0.4, 0.5) is 5.69 Å². The Morgan fingerprint density at radius 2 is 1.77 bits per heavy atom. The summed E-state index contributed by atoms with van der Waals surface area (Å²) in [5.74, 6) is -1.00. The van der Waals surface area contributed by atoms with Crippen molar-refractivity contribution in [1.82, 2.24) is 0 Å². The SMILES string of the molecule is CC(=O)N1Cc2ccc(C(=O)O)cc2/C=C\c2ccccc21. The van der Waals surface area contributed by atoms with Gasteiger partial charge < -0.3 is 10.0 Å². The lowest BCUT2D eigenvalue weighted by atomic mass is 9.99. The molecule has 22 heavy (non-hydrogen) atoms. The summed E-state index contributed by atoms with van der Waals surface area (Å²) in [5, 5.41) is 9.12. The largest absolute Gasteiger partial charge is 0.478 e. The van der Waals surface area contributed by atoms with Crippen molar-refractivity contribution in [2.45, 2.75) is 13.5 Å². The first kappa shape index (κ1) is 14.1. The second kappa shape index (κ2) is 5.48. The molecule has 1 N–H and O–H groups in total. The molecule has 1 aliphatic rings. The molecule has 0 saturated carbocycles. The van der Waals surface area contributed by atoms with Crippen LogP contribution < -0.4 is 4.90 Å². The molecule has 0 spiro atoms. The molecule has 0 bridgehead atoms. The zero-order valence-electron chi connectivity index (χ0n) is 12.1. The molecule has 2 aromatic carbocycles. The van der Waals surface area contributed by atoms with Crippen LogP contribution in [-0.4, -0.2) is 17.0 Å². The lowest BCUT2D eigenvalue weighted by Crippen LogP contribution is -2.29. The highest BCUT2D eigenvalue weighted by atomic mass is 16.4. The van der Waals surface area contributed by atoms with Gasteiger partial charge in [0.1, 0.15) is 0 Å². The van der Waals surface area contributed by atoms with Gasteiger partial charge in [0.25, 0.3) is 0 Å². The Morgan fingerprint density at radius 1 is 1.05 bits per heavy atom. The summed E-state index contributed by atoms with van der Waals surface area (Å²) < 4.78 is 0. The van der Waals surface area contributed by atoms with E-state index >= 15 is 0 Å². The standard InChI is InChI=1S/C18H15NO3/c1-12(20)19-11-16-9-8-15(18(21)22)10-14(16)7-6-13-4-2-3-5-17(13)19/h2-10H,11H2,1H3,(H,21,22)/b7-6-. The lowest BCUT2D eigenvalue weighted by molar-refractivity contribution is -0.116. The van der Waals surface area contributed by atoms with Gasteiger partial charge in [0, 0.05) is 6.92 Å². The third-order valence-electron chi connectivity index (χ3n) is 3.77. The van der Waals surface area contributed by atoms with Crippen LogP contribution in [0.3, 0.4) is 0 Å². The number of rotatable bonds is 1. The number of anilines is 1. The lowest BCUT2D eigenvalue weighted by Gasteiger charge is -2.26. The van der Waals surface area contributed by atoms with Gasteiger partial charge in [-0.25, -0.2) is 4.79 Å². The summed E-state index contributed by atoms with van der Waals surface area (Å²) in [6.07, 6.45) is 3.81. The molecular weight excluding hydrogens is 278 g/mol. The fraction of sp³-hybridized carbons (Fsp3) is 0.111. The van der Waals surface area contributed by atoms with Gasteiger partial charge in [0.05, 0.1) is 17.8 Å². The topological polar surface area (TPSA) is 57.6 Å². The van der Waals surface area contributed by atoms with E-state index in [2.05, 4.69) is 0 Å². The summed E-state index contributed by atoms with van der Waals surface area (Å²) in [5.41, 5.74) is 3.78. The summed E-state index contributed by atoms with van der Waals surface area (Å²) in [7, 11) is 0. The first-order valence-corrected chi connectivity index (χ1v) is 6.97. The maximum atomic E-state index is 12.0. The molecule has 0 aliphatic carbocycles. The average Bonchev–Trinajstić information content (AvgIpc) is 2.48. The van der Waals surface area contributed by atoms with E-state index in [4.69, 9.17) is 5.11 Å². The van der Waals surface area contributed by atoms with E-state index in [1.54, 1.807) is 23.1 Å². The van der Waals surface area contributed by atoms with Crippen molar-refractivity contribution in [3.8, 4) is 0 Å². The van der Waals surface area contributed by atoms with Gasteiger partial charge >= 0.3 is 5.97 Å². The number of benzene rings is 2. The number of hydrogen-bond acceptors (Lipinski definition) is 2. The number of amides is 1. The second-order valence-electron chi connectivity index (χ2n) is 5.22. The van der Waals surface area contributed by atoms with Crippen LogP contribution in [-0.2, 0) is 11.3 Å². The minimum Gasteiger partial charge on any atom is -0.478 e. The molecule has 1 aliphatic heterocycles. The molecule has 0 saturated heterocycles. The van der Waals surface area contributed by atoms with Crippen molar-refractivity contribution in [1.29, 1.82) is 0 Å². The first-order chi connectivity index (χ1) is 10.6. The Balaban J connectivity index is 2.17. The minimum absolute atomic E-state index is 0.0454. The molecule has 110 valence electrons. The van der Waals surface area contributed by atoms with Gasteiger partial charge in [0.2, 0.25) is 5.91 Å². The fourth-order valence-electron chi connectivity index (χ4n) is 2.62. The van der Waals surface area contributed by atoms with E-state index in [1.807, 2.05) is 36.4 Å². The predicted octanol–water partition coefficient (Wildman–Crippen LogP) is 3.42. The zero-order valence-corrected chi connectivity index (χ0v) is 12.1. The van der Waals surface area contributed by atoms with E-state index in [9.17, 15) is 9.59 Å². The monoisotopic (exact) mass is 293 g/mol. The van der Waals surface area contributed by atoms with Crippen molar-refractivity contribution in [2.24, 2.45) is 0 Å². The number of carboxylic acids is 1. The molecule has 2 aromatic rings. The van der Waals surface area contributed by atoms with Gasteiger partial charge in [-0.2, -0.15) is 0 Å². The van der Waals surface area contributed by atoms with Crippen LogP contribution in [0.5, 0.6) is 0 Å². The number of para-hydroxylation sites is 1. The van der Waals surface area contributed by atoms with E-state index < -0.39 is 5.97 Å². The molecule has 0 aromatic heterocycles. The molecule has 4 nitrogen and oxygen atoms in total. The zero-order chi connectivity index (χ0) is 15.7. The Hall–Kier alpha value is -2.88. The van der Waals surface area contributed by atoms with E-state index in [1.165, 1.54) is 6.92 Å². The number of carbonyl (C=O) groups is 2. The summed E-state index contributed by atoms with van der Waals surface area (Å²) >= 11 is 0. The van der Waals surface area contributed by atoms with Crippen molar-refractivity contribution in [2.75, 3.05) is 4.90 Å². The quantitative estimate of drug-likeness (QED) is 0.876. The normalized spacial score (nSPS) is 14.3. The maximum Gasteiger partial charge on any atom is 0.335 e. The van der Waals surface area contributed by atoms with Crippen molar-refractivity contribution in [3.05, 3.63) is 64.7 Å². The molecule has 0 unspecified atom stereocenters. The molecule has 1 heterocycles. The van der Waals surface area contributed by atoms with Crippen LogP contribution in [0, 0.1) is 0 Å². The molecule has 0 fully saturated rings. The number of carbonyl (C=O) groups excluding carboxylic acids is 1. The van der Waals surface area contributed by atoms with Crippen molar-refractivity contribution < 1.29 is 14.7 Å². The Bertz CT molecular complexity index is 793. The fourth-order valence-corrected chi connectivity index (χ4v) is 2.62. The third-order valence-corrected chi connectivity index (χ3v) is 3.77. The summed E-state index contributed by atoms with van der Waals surface area (Å²) in [6.45, 7) is 1.96. The highest BCUT2D eigenvalue weighted by molar-refractivity contribution is 5.96. The number of aromatic carboxylic acids is 1. The number of fused-ring (bicyclic) bond motifs is 2. The van der Waals surface area contributed by atoms with Crippen LogP contribution in [0.2, 0.25) is 0 Å². The smallest absolute Gasteiger partial charge is 0.335 e. The van der Waals surface area contributed by atoms with Gasteiger partial charge in [0.15, 0.2) is 0 Å². The summed E-state index contributed by atoms with van der Waals surface area (Å²) in [6, 6.07) is 12.6. The molecule has 4 heteroatoms. The maximum absolute atomic E-state index is 12.0. The number of hydrogen-bond donors (Lipinski definition) is 1. The number of nitrogens with zero attached hydrogens (tertiary/aromatic N) is 1. The molecule has 1 amide bonds. The van der Waals surface area contributed by atoms with Crippen LogP contribution in [0.1, 0.15) is 34.0 Å². The number of carboxylic acid groups (broad SMARTS) is 1. The van der Waals surface area contributed by atoms with Gasteiger partial charge in [-0.05, 0) is 34.9 Å². The third kappa shape index (κ3) is 2.51. The van der Waals surface area contributed by atoms with Gasteiger partial charge in [-0.1, -0.05) is 36.4 Å². The first-order valence-electron chi connectivity index (χ1n) is 6.97. The van der Waals surface area contributed by atoms with Crippen LogP contribution in [0.25, 0.3) is 12.2 Å². The van der Waals surface area contributed by atoms with Gasteiger partial charge in [-0.15, -0.1) is 0 Å². The van der Waals surface area contributed by atoms with E-state index in [0.717, 1.165) is 22.4 Å². The highest BCUT2D eigenvalue weighted by Crippen LogP contribution is 2.29. The Kier molecular flexibility index (Phi) is 3.51. The van der Waals surface area contributed by atoms with E-state index in [-0.39, 0.29) is 11.5 Å². The van der Waals surface area contributed by atoms with Crippen LogP contribution in [0.15, 0.2) is 42.5 Å². The predicted molar refractivity (Wildman–Crippen MR) is 85.6 cm³/mol. The molecule has 0 atom stereocenters. The highest BCUT2D eigenvalue weighted by Gasteiger charge is 2.18.